The summed E-state index contributed by atoms with van der Waals surface area (Å²) in [6, 6.07) is 8.79. The van der Waals surface area contributed by atoms with Crippen molar-refractivity contribution in [2.75, 3.05) is 11.9 Å². The second kappa shape index (κ2) is 12.2. The highest BCUT2D eigenvalue weighted by Crippen LogP contribution is 2.55. The van der Waals surface area contributed by atoms with Crippen LogP contribution in [0.1, 0.15) is 36.3 Å². The molecule has 2 atom stereocenters. The molecule has 0 spiro atoms. The van der Waals surface area contributed by atoms with Crippen molar-refractivity contribution in [2.24, 2.45) is 5.92 Å². The number of anilines is 1. The Bertz CT molecular complexity index is 1310. The molecule has 0 bridgehead atoms. The normalized spacial score (nSPS) is 17.5. The zero-order chi connectivity index (χ0) is 27.9. The topological polar surface area (TPSA) is 152 Å². The maximum Gasteiger partial charge on any atom is 0.303 e. The number of aliphatic carboxylic acids is 2. The molecular formula is C26H26F2N4O6. The third-order valence-electron chi connectivity index (χ3n) is 5.86. The van der Waals surface area contributed by atoms with Crippen LogP contribution in [0.15, 0.2) is 48.8 Å². The number of aromatic nitrogens is 3. The fourth-order valence-electron chi connectivity index (χ4n) is 3.81. The summed E-state index contributed by atoms with van der Waals surface area (Å²) in [4.78, 5) is 44.4. The Morgan fingerprint density at radius 2 is 1.74 bits per heavy atom. The highest BCUT2D eigenvalue weighted by atomic mass is 19.1. The molecule has 4 rings (SSSR count). The first-order chi connectivity index (χ1) is 18.0. The SMILES string of the molecule is Cc1ncc(OC[C@@]2(c3cccc(F)c3)C[C@H]2C(=O)Nc2ccc(F)cn2)c(C)n1.O=C(O)CCC(=O)O. The number of nitrogens with zero attached hydrogens (tertiary/aromatic N) is 3. The Hall–Kier alpha value is -4.48. The molecule has 1 saturated carbocycles. The van der Waals surface area contributed by atoms with E-state index in [4.69, 9.17) is 14.9 Å². The summed E-state index contributed by atoms with van der Waals surface area (Å²) in [5.74, 6) is -2.34. The number of hydrogen-bond acceptors (Lipinski definition) is 7. The van der Waals surface area contributed by atoms with Crippen LogP contribution in [0.3, 0.4) is 0 Å². The fraction of sp³-hybridized carbons (Fsp3) is 0.308. The molecule has 10 nitrogen and oxygen atoms in total. The second-order valence-electron chi connectivity index (χ2n) is 8.72. The van der Waals surface area contributed by atoms with Crippen LogP contribution in [0.25, 0.3) is 0 Å². The molecule has 12 heteroatoms. The number of amides is 1. The smallest absolute Gasteiger partial charge is 0.303 e. The van der Waals surface area contributed by atoms with Gasteiger partial charge in [0.2, 0.25) is 5.91 Å². The Balaban J connectivity index is 0.000000436. The molecule has 1 amide bonds. The zero-order valence-corrected chi connectivity index (χ0v) is 20.6. The van der Waals surface area contributed by atoms with Crippen molar-refractivity contribution in [1.29, 1.82) is 0 Å². The molecule has 3 N–H and O–H groups in total. The second-order valence-corrected chi connectivity index (χ2v) is 8.72. The summed E-state index contributed by atoms with van der Waals surface area (Å²) in [5.41, 5.74) is 0.679. The number of rotatable bonds is 9. The Morgan fingerprint density at radius 1 is 1.03 bits per heavy atom. The van der Waals surface area contributed by atoms with Gasteiger partial charge in [0.15, 0.2) is 5.75 Å². The van der Waals surface area contributed by atoms with Crippen molar-refractivity contribution >= 4 is 23.7 Å². The van der Waals surface area contributed by atoms with Crippen molar-refractivity contribution in [1.82, 2.24) is 15.0 Å². The average molecular weight is 529 g/mol. The molecule has 38 heavy (non-hydrogen) atoms. The van der Waals surface area contributed by atoms with Gasteiger partial charge in [0.1, 0.15) is 23.3 Å². The Labute approximate surface area is 216 Å². The lowest BCUT2D eigenvalue weighted by molar-refractivity contribution is -0.143. The highest BCUT2D eigenvalue weighted by Gasteiger charge is 2.60. The first-order valence-corrected chi connectivity index (χ1v) is 11.6. The number of hydrogen-bond donors (Lipinski definition) is 3. The maximum absolute atomic E-state index is 13.9. The van der Waals surface area contributed by atoms with Crippen molar-refractivity contribution in [2.45, 2.75) is 38.5 Å². The van der Waals surface area contributed by atoms with Crippen molar-refractivity contribution in [3.05, 3.63) is 77.5 Å². The first-order valence-electron chi connectivity index (χ1n) is 11.6. The lowest BCUT2D eigenvalue weighted by Gasteiger charge is -2.19. The monoisotopic (exact) mass is 528 g/mol. The number of ether oxygens (including phenoxy) is 1. The standard InChI is InChI=1S/C22H20F2N4O2.C4H6O4/c1-13-19(11-25-14(2)27-13)30-12-22(15-4-3-5-16(23)8-15)9-18(22)21(29)28-20-7-6-17(24)10-26-20;5-3(6)1-2-4(7)8/h3-8,10-11,18H,9,12H2,1-2H3,(H,26,28,29);1-2H2,(H,5,6)(H,7,8)/t18-,22+;/m0./s1. The molecule has 0 radical (unpaired) electrons. The van der Waals surface area contributed by atoms with Gasteiger partial charge in [-0.05, 0) is 50.1 Å². The molecule has 1 fully saturated rings. The van der Waals surface area contributed by atoms with Crippen LogP contribution >= 0.6 is 0 Å². The van der Waals surface area contributed by atoms with Crippen LogP contribution in [-0.4, -0.2) is 49.6 Å². The quantitative estimate of drug-likeness (QED) is 0.378. The fourth-order valence-corrected chi connectivity index (χ4v) is 3.81. The van der Waals surface area contributed by atoms with Gasteiger partial charge in [0.25, 0.3) is 0 Å². The minimum Gasteiger partial charge on any atom is -0.489 e. The number of carboxylic acid groups (broad SMARTS) is 2. The number of carbonyl (C=O) groups excluding carboxylic acids is 1. The summed E-state index contributed by atoms with van der Waals surface area (Å²) in [6.45, 7) is 3.77. The van der Waals surface area contributed by atoms with Crippen LogP contribution in [0.2, 0.25) is 0 Å². The lowest BCUT2D eigenvalue weighted by atomic mass is 9.93. The molecule has 1 aliphatic carbocycles. The van der Waals surface area contributed by atoms with Gasteiger partial charge >= 0.3 is 11.9 Å². The van der Waals surface area contributed by atoms with Crippen molar-refractivity contribution in [3.63, 3.8) is 0 Å². The van der Waals surface area contributed by atoms with Gasteiger partial charge < -0.3 is 20.3 Å². The van der Waals surface area contributed by atoms with Gasteiger partial charge in [0, 0.05) is 5.41 Å². The molecule has 3 aromatic rings. The largest absolute Gasteiger partial charge is 0.489 e. The van der Waals surface area contributed by atoms with E-state index in [1.54, 1.807) is 25.3 Å². The lowest BCUT2D eigenvalue weighted by Crippen LogP contribution is -2.27. The van der Waals surface area contributed by atoms with Crippen LogP contribution in [0.5, 0.6) is 5.75 Å². The van der Waals surface area contributed by atoms with Gasteiger partial charge in [-0.1, -0.05) is 12.1 Å². The van der Waals surface area contributed by atoms with Crippen LogP contribution in [0.4, 0.5) is 14.6 Å². The van der Waals surface area contributed by atoms with E-state index in [-0.39, 0.29) is 37.0 Å². The van der Waals surface area contributed by atoms with Gasteiger partial charge in [0.05, 0.1) is 43.5 Å². The van der Waals surface area contributed by atoms with E-state index in [1.807, 2.05) is 6.92 Å². The summed E-state index contributed by atoms with van der Waals surface area (Å²) in [6.07, 6.45) is 2.52. The Kier molecular flexibility index (Phi) is 9.00. The van der Waals surface area contributed by atoms with Gasteiger partial charge in [-0.25, -0.2) is 23.7 Å². The van der Waals surface area contributed by atoms with Crippen LogP contribution in [0, 0.1) is 31.4 Å². The van der Waals surface area contributed by atoms with E-state index in [0.29, 0.717) is 29.3 Å². The molecule has 200 valence electrons. The highest BCUT2D eigenvalue weighted by molar-refractivity contribution is 5.95. The molecule has 1 aliphatic rings. The molecule has 1 aromatic carbocycles. The Morgan fingerprint density at radius 3 is 2.32 bits per heavy atom. The van der Waals surface area contributed by atoms with Crippen LogP contribution < -0.4 is 10.1 Å². The minimum atomic E-state index is -1.08. The van der Waals surface area contributed by atoms with E-state index >= 15 is 0 Å². The third kappa shape index (κ3) is 7.51. The van der Waals surface area contributed by atoms with Crippen molar-refractivity contribution < 1.29 is 38.1 Å². The van der Waals surface area contributed by atoms with Crippen molar-refractivity contribution in [3.8, 4) is 5.75 Å². The number of halogens is 2. The van der Waals surface area contributed by atoms with Crippen LogP contribution in [-0.2, 0) is 19.8 Å². The van der Waals surface area contributed by atoms with E-state index < -0.39 is 29.1 Å². The minimum absolute atomic E-state index is 0.165. The predicted octanol–water partition coefficient (Wildman–Crippen LogP) is 3.68. The predicted molar refractivity (Wildman–Crippen MR) is 131 cm³/mol. The number of pyridine rings is 1. The molecule has 0 saturated heterocycles. The molecule has 2 heterocycles. The third-order valence-corrected chi connectivity index (χ3v) is 5.86. The summed E-state index contributed by atoms with van der Waals surface area (Å²) < 4.78 is 32.9. The van der Waals surface area contributed by atoms with E-state index in [2.05, 4.69) is 20.3 Å². The molecule has 0 aliphatic heterocycles. The first kappa shape index (κ1) is 28.1. The zero-order valence-electron chi connectivity index (χ0n) is 20.6. The molecule has 2 aromatic heterocycles. The summed E-state index contributed by atoms with van der Waals surface area (Å²) in [7, 11) is 0. The molecule has 0 unspecified atom stereocenters. The summed E-state index contributed by atoms with van der Waals surface area (Å²) >= 11 is 0. The van der Waals surface area contributed by atoms with E-state index in [9.17, 15) is 23.2 Å². The number of benzene rings is 1. The number of carbonyl (C=O) groups is 3. The number of nitrogens with one attached hydrogen (secondary N) is 1. The average Bonchev–Trinajstić information content (AvgIpc) is 3.60. The number of aryl methyl sites for hydroxylation is 2. The summed E-state index contributed by atoms with van der Waals surface area (Å²) in [5, 5.41) is 18.5. The van der Waals surface area contributed by atoms with Gasteiger partial charge in [-0.15, -0.1) is 0 Å². The van der Waals surface area contributed by atoms with Gasteiger partial charge in [-0.3, -0.25) is 14.4 Å². The van der Waals surface area contributed by atoms with E-state index in [0.717, 1.165) is 6.20 Å². The van der Waals surface area contributed by atoms with E-state index in [1.165, 1.54) is 24.3 Å². The molecular weight excluding hydrogens is 502 g/mol. The number of carboxylic acids is 2. The maximum atomic E-state index is 13.9. The van der Waals surface area contributed by atoms with Gasteiger partial charge in [-0.2, -0.15) is 0 Å².